The van der Waals surface area contributed by atoms with Crippen molar-refractivity contribution >= 4 is 46.6 Å². The average molecular weight is 372 g/mol. The third-order valence-corrected chi connectivity index (χ3v) is 5.03. The van der Waals surface area contributed by atoms with Gasteiger partial charge >= 0.3 is 0 Å². The summed E-state index contributed by atoms with van der Waals surface area (Å²) in [5.41, 5.74) is 2.91. The van der Waals surface area contributed by atoms with Gasteiger partial charge in [0.25, 0.3) is 5.19 Å². The second-order valence-electron chi connectivity index (χ2n) is 5.55. The number of rotatable bonds is 5. The minimum atomic E-state index is 0.263. The molecule has 0 saturated carbocycles. The summed E-state index contributed by atoms with van der Waals surface area (Å²) in [5, 5.41) is 0.692. The van der Waals surface area contributed by atoms with Crippen LogP contribution in [-0.2, 0) is 0 Å². The summed E-state index contributed by atoms with van der Waals surface area (Å²) in [6.45, 7) is 8.20. The van der Waals surface area contributed by atoms with Gasteiger partial charge < -0.3 is 9.64 Å². The molecule has 0 saturated heterocycles. The molecule has 0 aliphatic heterocycles. The van der Waals surface area contributed by atoms with Gasteiger partial charge in [-0.05, 0) is 51.0 Å². The number of hydrogen-bond acceptors (Lipinski definition) is 4. The predicted molar refractivity (Wildman–Crippen MR) is 99.2 cm³/mol. The van der Waals surface area contributed by atoms with E-state index in [1.807, 2.05) is 39.4 Å². The van der Waals surface area contributed by atoms with Crippen molar-refractivity contribution in [3.05, 3.63) is 32.7 Å². The fourth-order valence-electron chi connectivity index (χ4n) is 1.71. The van der Waals surface area contributed by atoms with Crippen molar-refractivity contribution in [2.45, 2.75) is 33.7 Å². The largest absolute Gasteiger partial charge is 0.431 e. The smallest absolute Gasteiger partial charge is 0.281 e. The zero-order valence-electron chi connectivity index (χ0n) is 13.7. The van der Waals surface area contributed by atoms with Crippen LogP contribution in [-0.4, -0.2) is 29.3 Å². The summed E-state index contributed by atoms with van der Waals surface area (Å²) < 4.78 is 6.21. The highest BCUT2D eigenvalue weighted by atomic mass is 35.5. The van der Waals surface area contributed by atoms with Gasteiger partial charge in [0.15, 0.2) is 5.15 Å². The van der Waals surface area contributed by atoms with Crippen LogP contribution < -0.4 is 4.74 Å². The van der Waals surface area contributed by atoms with Gasteiger partial charge in [-0.15, -0.1) is 0 Å². The van der Waals surface area contributed by atoms with Crippen LogP contribution in [0.4, 0.5) is 5.69 Å². The van der Waals surface area contributed by atoms with Crippen LogP contribution in [0.2, 0.25) is 9.49 Å². The Kier molecular flexibility index (Phi) is 5.89. The molecular formula is C16H19Cl2N3OS. The molecule has 1 aromatic carbocycles. The highest BCUT2D eigenvalue weighted by Crippen LogP contribution is 2.37. The van der Waals surface area contributed by atoms with Crippen LogP contribution >= 0.6 is 34.5 Å². The molecule has 0 spiro atoms. The second kappa shape index (κ2) is 7.51. The Morgan fingerprint density at radius 1 is 1.26 bits per heavy atom. The van der Waals surface area contributed by atoms with Crippen molar-refractivity contribution < 1.29 is 4.74 Å². The van der Waals surface area contributed by atoms with Gasteiger partial charge in [-0.3, -0.25) is 0 Å². The van der Waals surface area contributed by atoms with Crippen LogP contribution in [0.5, 0.6) is 10.9 Å². The first-order valence-electron chi connectivity index (χ1n) is 7.15. The number of benzene rings is 1. The van der Waals surface area contributed by atoms with Crippen molar-refractivity contribution in [3.8, 4) is 10.9 Å². The van der Waals surface area contributed by atoms with Gasteiger partial charge in [0.05, 0.1) is 12.0 Å². The van der Waals surface area contributed by atoms with Crippen LogP contribution in [0, 0.1) is 13.8 Å². The van der Waals surface area contributed by atoms with E-state index in [-0.39, 0.29) is 5.15 Å². The summed E-state index contributed by atoms with van der Waals surface area (Å²) in [6.07, 6.45) is 1.84. The molecule has 0 aliphatic rings. The molecule has 0 atom stereocenters. The molecule has 0 unspecified atom stereocenters. The van der Waals surface area contributed by atoms with Crippen LogP contribution in [0.15, 0.2) is 17.1 Å². The number of ether oxygens (including phenoxy) is 1. The molecule has 0 aliphatic carbocycles. The number of hydrogen-bond donors (Lipinski definition) is 0. The average Bonchev–Trinajstić information content (AvgIpc) is 2.78. The quantitative estimate of drug-likeness (QED) is 0.487. The van der Waals surface area contributed by atoms with E-state index in [1.165, 1.54) is 11.3 Å². The zero-order chi connectivity index (χ0) is 17.1. The molecule has 1 aromatic heterocycles. The zero-order valence-corrected chi connectivity index (χ0v) is 16.1. The van der Waals surface area contributed by atoms with Gasteiger partial charge in [-0.25, -0.2) is 4.99 Å². The molecule has 23 heavy (non-hydrogen) atoms. The first-order chi connectivity index (χ1) is 10.8. The van der Waals surface area contributed by atoms with Crippen molar-refractivity contribution in [2.75, 3.05) is 7.05 Å². The van der Waals surface area contributed by atoms with Crippen LogP contribution in [0.1, 0.15) is 25.0 Å². The van der Waals surface area contributed by atoms with E-state index in [9.17, 15) is 0 Å². The number of nitrogens with zero attached hydrogens (tertiary/aromatic N) is 3. The Bertz CT molecular complexity index is 709. The third kappa shape index (κ3) is 4.59. The Hall–Kier alpha value is -1.30. The Morgan fingerprint density at radius 3 is 2.52 bits per heavy atom. The van der Waals surface area contributed by atoms with E-state index >= 15 is 0 Å². The highest BCUT2D eigenvalue weighted by molar-refractivity contribution is 7.18. The lowest BCUT2D eigenvalue weighted by Gasteiger charge is -2.17. The molecule has 0 amide bonds. The lowest BCUT2D eigenvalue weighted by Crippen LogP contribution is -2.24. The Labute approximate surface area is 150 Å². The maximum Gasteiger partial charge on any atom is 0.281 e. The first-order valence-corrected chi connectivity index (χ1v) is 8.72. The van der Waals surface area contributed by atoms with E-state index in [0.29, 0.717) is 15.6 Å². The number of thiazole rings is 1. The molecule has 4 nitrogen and oxygen atoms in total. The lowest BCUT2D eigenvalue weighted by atomic mass is 10.1. The van der Waals surface area contributed by atoms with Gasteiger partial charge in [0, 0.05) is 13.1 Å². The van der Waals surface area contributed by atoms with Crippen LogP contribution in [0.25, 0.3) is 0 Å². The van der Waals surface area contributed by atoms with E-state index in [1.54, 1.807) is 0 Å². The molecule has 7 heteroatoms. The molecule has 124 valence electrons. The minimum Gasteiger partial charge on any atom is -0.431 e. The maximum atomic E-state index is 5.91. The first kappa shape index (κ1) is 18.0. The molecule has 0 fully saturated rings. The number of aryl methyl sites for hydroxylation is 2. The monoisotopic (exact) mass is 371 g/mol. The fourth-order valence-corrected chi connectivity index (χ4v) is 2.75. The predicted octanol–water partition coefficient (Wildman–Crippen LogP) is 5.86. The van der Waals surface area contributed by atoms with Gasteiger partial charge in [-0.1, -0.05) is 34.5 Å². The lowest BCUT2D eigenvalue weighted by molar-refractivity contribution is 0.429. The topological polar surface area (TPSA) is 37.7 Å². The Balaban J connectivity index is 2.23. The normalized spacial score (nSPS) is 11.5. The van der Waals surface area contributed by atoms with Crippen molar-refractivity contribution in [1.82, 2.24) is 9.88 Å². The standard InChI is InChI=1S/C16H19Cl2N3OS/c1-9(2)21(5)8-19-12-6-11(4)13(7-10(12)3)22-16-20-14(17)15(18)23-16/h6-9H,1-5H3. The summed E-state index contributed by atoms with van der Waals surface area (Å²) >= 11 is 13.0. The molecule has 1 heterocycles. The second-order valence-corrected chi connectivity index (χ2v) is 7.48. The highest BCUT2D eigenvalue weighted by Gasteiger charge is 2.12. The Morgan fingerprint density at radius 2 is 1.96 bits per heavy atom. The van der Waals surface area contributed by atoms with E-state index in [2.05, 4.69) is 28.7 Å². The molecule has 2 aromatic rings. The summed E-state index contributed by atoms with van der Waals surface area (Å²) in [5.74, 6) is 0.723. The minimum absolute atomic E-state index is 0.263. The van der Waals surface area contributed by atoms with E-state index < -0.39 is 0 Å². The number of halogens is 2. The summed E-state index contributed by atoms with van der Waals surface area (Å²) in [7, 11) is 2.00. The van der Waals surface area contributed by atoms with Gasteiger partial charge in [-0.2, -0.15) is 4.98 Å². The molecular weight excluding hydrogens is 353 g/mol. The number of aromatic nitrogens is 1. The molecule has 2 rings (SSSR count). The van der Waals surface area contributed by atoms with Crippen molar-refractivity contribution in [1.29, 1.82) is 0 Å². The van der Waals surface area contributed by atoms with E-state index in [0.717, 1.165) is 22.6 Å². The summed E-state index contributed by atoms with van der Waals surface area (Å²) in [6, 6.07) is 4.34. The fraction of sp³-hybridized carbons (Fsp3) is 0.375. The number of aliphatic imine (C=N–C) groups is 1. The third-order valence-electron chi connectivity index (χ3n) is 3.41. The van der Waals surface area contributed by atoms with Crippen molar-refractivity contribution in [2.24, 2.45) is 4.99 Å². The van der Waals surface area contributed by atoms with Gasteiger partial charge in [0.1, 0.15) is 10.1 Å². The molecule has 0 radical (unpaired) electrons. The molecule has 0 N–H and O–H groups in total. The van der Waals surface area contributed by atoms with Crippen LogP contribution in [0.3, 0.4) is 0 Å². The van der Waals surface area contributed by atoms with E-state index in [4.69, 9.17) is 27.9 Å². The summed E-state index contributed by atoms with van der Waals surface area (Å²) in [4.78, 5) is 10.7. The SMILES string of the molecule is Cc1cc(Oc2nc(Cl)c(Cl)s2)c(C)cc1N=CN(C)C(C)C. The maximum absolute atomic E-state index is 5.91. The van der Waals surface area contributed by atoms with Gasteiger partial charge in [0.2, 0.25) is 0 Å². The molecule has 0 bridgehead atoms. The van der Waals surface area contributed by atoms with Crippen molar-refractivity contribution in [3.63, 3.8) is 0 Å².